The molecule has 2 heterocycles. The summed E-state index contributed by atoms with van der Waals surface area (Å²) in [4.78, 5) is 10.4. The van der Waals surface area contributed by atoms with Gasteiger partial charge in [0.2, 0.25) is 0 Å². The molecule has 0 amide bonds. The first-order chi connectivity index (χ1) is 7.75. The van der Waals surface area contributed by atoms with E-state index in [1.807, 2.05) is 7.05 Å². The Morgan fingerprint density at radius 2 is 2.19 bits per heavy atom. The Morgan fingerprint density at radius 1 is 1.44 bits per heavy atom. The van der Waals surface area contributed by atoms with Crippen LogP contribution in [0.15, 0.2) is 12.4 Å². The molecule has 0 aromatic carbocycles. The molecule has 16 heavy (non-hydrogen) atoms. The number of hydrogen-bond acceptors (Lipinski definition) is 4. The van der Waals surface area contributed by atoms with Crippen molar-refractivity contribution in [3.63, 3.8) is 0 Å². The molecule has 4 nitrogen and oxygen atoms in total. The molecule has 0 spiro atoms. The van der Waals surface area contributed by atoms with Crippen molar-refractivity contribution in [1.29, 1.82) is 0 Å². The smallest absolute Gasteiger partial charge is 0.149 e. The molecule has 1 saturated heterocycles. The van der Waals surface area contributed by atoms with Crippen LogP contribution >= 0.6 is 11.6 Å². The molecule has 88 valence electrons. The van der Waals surface area contributed by atoms with Crippen molar-refractivity contribution < 1.29 is 4.74 Å². The Hall–Kier alpha value is -0.870. The lowest BCUT2D eigenvalue weighted by atomic mass is 10.00. The molecule has 0 radical (unpaired) electrons. The van der Waals surface area contributed by atoms with Gasteiger partial charge in [-0.05, 0) is 18.8 Å². The van der Waals surface area contributed by atoms with Gasteiger partial charge < -0.3 is 9.64 Å². The van der Waals surface area contributed by atoms with Crippen LogP contribution in [0.3, 0.4) is 0 Å². The van der Waals surface area contributed by atoms with E-state index in [1.54, 1.807) is 12.4 Å². The van der Waals surface area contributed by atoms with E-state index in [4.69, 9.17) is 16.3 Å². The minimum atomic E-state index is 0.441. The predicted octanol–water partition coefficient (Wildman–Crippen LogP) is 1.99. The second kappa shape index (κ2) is 5.46. The highest BCUT2D eigenvalue weighted by Gasteiger charge is 2.16. The number of rotatable bonds is 3. The molecule has 5 heteroatoms. The maximum absolute atomic E-state index is 5.81. The van der Waals surface area contributed by atoms with Gasteiger partial charge in [0, 0.05) is 26.8 Å². The zero-order valence-corrected chi connectivity index (χ0v) is 10.2. The predicted molar refractivity (Wildman–Crippen MR) is 63.9 cm³/mol. The number of nitrogens with zero attached hydrogens (tertiary/aromatic N) is 3. The molecule has 1 aliphatic heterocycles. The van der Waals surface area contributed by atoms with Gasteiger partial charge in [0.05, 0.1) is 12.4 Å². The molecule has 0 bridgehead atoms. The van der Waals surface area contributed by atoms with Crippen molar-refractivity contribution in [3.05, 3.63) is 17.5 Å². The molecule has 0 atom stereocenters. The van der Waals surface area contributed by atoms with Gasteiger partial charge in [-0.2, -0.15) is 0 Å². The Kier molecular flexibility index (Phi) is 3.96. The fraction of sp³-hybridized carbons (Fsp3) is 0.636. The van der Waals surface area contributed by atoms with Crippen molar-refractivity contribution in [2.24, 2.45) is 5.92 Å². The molecule has 0 saturated carbocycles. The molecule has 1 aromatic rings. The first kappa shape index (κ1) is 11.6. The van der Waals surface area contributed by atoms with Crippen LogP contribution in [0.1, 0.15) is 12.8 Å². The van der Waals surface area contributed by atoms with E-state index < -0.39 is 0 Å². The second-order valence-electron chi connectivity index (χ2n) is 4.14. The summed E-state index contributed by atoms with van der Waals surface area (Å²) in [6, 6.07) is 0. The zero-order valence-electron chi connectivity index (χ0n) is 9.40. The van der Waals surface area contributed by atoms with Gasteiger partial charge in [0.1, 0.15) is 11.0 Å². The molecule has 0 N–H and O–H groups in total. The Morgan fingerprint density at radius 3 is 2.88 bits per heavy atom. The minimum Gasteiger partial charge on any atom is -0.381 e. The summed E-state index contributed by atoms with van der Waals surface area (Å²) in [6.45, 7) is 2.73. The highest BCUT2D eigenvalue weighted by molar-refractivity contribution is 6.29. The lowest BCUT2D eigenvalue weighted by Crippen LogP contribution is -2.30. The normalized spacial score (nSPS) is 17.4. The Bertz CT molecular complexity index is 342. The van der Waals surface area contributed by atoms with Crippen LogP contribution in [-0.4, -0.2) is 36.8 Å². The van der Waals surface area contributed by atoms with Gasteiger partial charge in [-0.3, -0.25) is 4.98 Å². The Balaban J connectivity index is 1.94. The van der Waals surface area contributed by atoms with Gasteiger partial charge in [-0.15, -0.1) is 0 Å². The summed E-state index contributed by atoms with van der Waals surface area (Å²) in [6.07, 6.45) is 5.54. The fourth-order valence-electron chi connectivity index (χ4n) is 1.93. The molecule has 0 unspecified atom stereocenters. The number of hydrogen-bond donors (Lipinski definition) is 0. The van der Waals surface area contributed by atoms with Crippen LogP contribution in [0.25, 0.3) is 0 Å². The number of anilines is 1. The molecule has 1 fully saturated rings. The maximum atomic E-state index is 5.81. The van der Waals surface area contributed by atoms with Gasteiger partial charge in [0.25, 0.3) is 0 Å². The average Bonchev–Trinajstić information content (AvgIpc) is 2.30. The lowest BCUT2D eigenvalue weighted by molar-refractivity contribution is 0.0685. The number of aromatic nitrogens is 2. The maximum Gasteiger partial charge on any atom is 0.149 e. The van der Waals surface area contributed by atoms with E-state index in [1.165, 1.54) is 0 Å². The third-order valence-electron chi connectivity index (χ3n) is 2.86. The van der Waals surface area contributed by atoms with Gasteiger partial charge in [0.15, 0.2) is 0 Å². The van der Waals surface area contributed by atoms with Gasteiger partial charge in [-0.1, -0.05) is 11.6 Å². The van der Waals surface area contributed by atoms with E-state index in [9.17, 15) is 0 Å². The van der Waals surface area contributed by atoms with E-state index in [-0.39, 0.29) is 0 Å². The van der Waals surface area contributed by atoms with Crippen LogP contribution in [0.2, 0.25) is 5.15 Å². The highest BCUT2D eigenvalue weighted by Crippen LogP contribution is 2.18. The van der Waals surface area contributed by atoms with Crippen molar-refractivity contribution in [2.45, 2.75) is 12.8 Å². The van der Waals surface area contributed by atoms with E-state index >= 15 is 0 Å². The summed E-state index contributed by atoms with van der Waals surface area (Å²) < 4.78 is 5.34. The van der Waals surface area contributed by atoms with Crippen LogP contribution in [0.4, 0.5) is 5.82 Å². The van der Waals surface area contributed by atoms with Crippen molar-refractivity contribution in [2.75, 3.05) is 31.7 Å². The largest absolute Gasteiger partial charge is 0.381 e. The van der Waals surface area contributed by atoms with Crippen molar-refractivity contribution in [1.82, 2.24) is 9.97 Å². The van der Waals surface area contributed by atoms with Gasteiger partial charge in [-0.25, -0.2) is 4.98 Å². The summed E-state index contributed by atoms with van der Waals surface area (Å²) in [5, 5.41) is 0.441. The van der Waals surface area contributed by atoms with Crippen LogP contribution in [0.5, 0.6) is 0 Å². The lowest BCUT2D eigenvalue weighted by Gasteiger charge is -2.27. The fourth-order valence-corrected chi connectivity index (χ4v) is 2.07. The average molecular weight is 242 g/mol. The molecular weight excluding hydrogens is 226 g/mol. The monoisotopic (exact) mass is 241 g/mol. The Labute approximate surface area is 101 Å². The topological polar surface area (TPSA) is 38.2 Å². The number of halogens is 1. The van der Waals surface area contributed by atoms with Crippen LogP contribution in [0, 0.1) is 5.92 Å². The standard InChI is InChI=1S/C11H16ClN3O/c1-15(8-9-2-4-16-5-3-9)11-7-13-6-10(12)14-11/h6-7,9H,2-5,8H2,1H3. The highest BCUT2D eigenvalue weighted by atomic mass is 35.5. The van der Waals surface area contributed by atoms with E-state index in [0.29, 0.717) is 11.1 Å². The SMILES string of the molecule is CN(CC1CCOCC1)c1cncc(Cl)n1. The van der Waals surface area contributed by atoms with Crippen LogP contribution in [-0.2, 0) is 4.74 Å². The third kappa shape index (κ3) is 3.06. The first-order valence-corrected chi connectivity index (χ1v) is 5.90. The van der Waals surface area contributed by atoms with Gasteiger partial charge >= 0.3 is 0 Å². The van der Waals surface area contributed by atoms with E-state index in [0.717, 1.165) is 38.4 Å². The molecular formula is C11H16ClN3O. The summed E-state index contributed by atoms with van der Waals surface area (Å²) >= 11 is 5.81. The van der Waals surface area contributed by atoms with Crippen molar-refractivity contribution in [3.8, 4) is 0 Å². The molecule has 0 aliphatic carbocycles. The third-order valence-corrected chi connectivity index (χ3v) is 3.04. The molecule has 2 rings (SSSR count). The first-order valence-electron chi connectivity index (χ1n) is 5.52. The molecule has 1 aliphatic rings. The minimum absolute atomic E-state index is 0.441. The van der Waals surface area contributed by atoms with Crippen LogP contribution < -0.4 is 4.90 Å². The number of ether oxygens (including phenoxy) is 1. The summed E-state index contributed by atoms with van der Waals surface area (Å²) in [5.74, 6) is 1.51. The molecule has 1 aromatic heterocycles. The summed E-state index contributed by atoms with van der Waals surface area (Å²) in [7, 11) is 2.02. The quantitative estimate of drug-likeness (QED) is 0.811. The summed E-state index contributed by atoms with van der Waals surface area (Å²) in [5.41, 5.74) is 0. The zero-order chi connectivity index (χ0) is 11.4. The van der Waals surface area contributed by atoms with Crippen molar-refractivity contribution >= 4 is 17.4 Å². The second-order valence-corrected chi connectivity index (χ2v) is 4.52. The van der Waals surface area contributed by atoms with E-state index in [2.05, 4.69) is 14.9 Å².